The van der Waals surface area contributed by atoms with E-state index < -0.39 is 0 Å². The standard InChI is InChI=1S/C14H20N4O/c1-4-11(16-5-2)8-13-17-14(18-19-13)12-9-15-7-6-10(12)3/h6-7,9,11,16H,4-5,8H2,1-3H3. The van der Waals surface area contributed by atoms with E-state index in [9.17, 15) is 0 Å². The summed E-state index contributed by atoms with van der Waals surface area (Å²) >= 11 is 0. The van der Waals surface area contributed by atoms with Crippen molar-refractivity contribution in [3.05, 3.63) is 29.9 Å². The minimum atomic E-state index is 0.383. The van der Waals surface area contributed by atoms with Crippen LogP contribution in [0.25, 0.3) is 11.4 Å². The molecule has 5 nitrogen and oxygen atoms in total. The molecule has 2 rings (SSSR count). The van der Waals surface area contributed by atoms with Gasteiger partial charge in [0.25, 0.3) is 0 Å². The maximum atomic E-state index is 5.32. The van der Waals surface area contributed by atoms with Crippen molar-refractivity contribution < 1.29 is 4.52 Å². The zero-order valence-corrected chi connectivity index (χ0v) is 11.7. The van der Waals surface area contributed by atoms with Gasteiger partial charge < -0.3 is 9.84 Å². The first kappa shape index (κ1) is 13.7. The minimum Gasteiger partial charge on any atom is -0.339 e. The van der Waals surface area contributed by atoms with Crippen LogP contribution in [-0.4, -0.2) is 27.7 Å². The maximum absolute atomic E-state index is 5.32. The Labute approximate surface area is 113 Å². The molecule has 0 fully saturated rings. The van der Waals surface area contributed by atoms with Gasteiger partial charge in [-0.3, -0.25) is 4.98 Å². The molecule has 0 aliphatic heterocycles. The number of pyridine rings is 1. The van der Waals surface area contributed by atoms with Crippen molar-refractivity contribution in [2.75, 3.05) is 6.54 Å². The average Bonchev–Trinajstić information content (AvgIpc) is 2.87. The van der Waals surface area contributed by atoms with Crippen LogP contribution in [0, 0.1) is 6.92 Å². The van der Waals surface area contributed by atoms with E-state index in [2.05, 4.69) is 34.3 Å². The van der Waals surface area contributed by atoms with Gasteiger partial charge in [0, 0.05) is 30.4 Å². The predicted molar refractivity (Wildman–Crippen MR) is 73.7 cm³/mol. The lowest BCUT2D eigenvalue weighted by molar-refractivity contribution is 0.355. The first-order valence-corrected chi connectivity index (χ1v) is 6.71. The van der Waals surface area contributed by atoms with Crippen LogP contribution in [0.1, 0.15) is 31.7 Å². The van der Waals surface area contributed by atoms with Gasteiger partial charge in [-0.2, -0.15) is 4.98 Å². The average molecular weight is 260 g/mol. The monoisotopic (exact) mass is 260 g/mol. The van der Waals surface area contributed by atoms with Gasteiger partial charge in [-0.25, -0.2) is 0 Å². The lowest BCUT2D eigenvalue weighted by atomic mass is 10.1. The van der Waals surface area contributed by atoms with Crippen LogP contribution in [0.5, 0.6) is 0 Å². The molecular formula is C14H20N4O. The SMILES string of the molecule is CCNC(CC)Cc1nc(-c2cnccc2C)no1. The molecule has 0 aliphatic rings. The van der Waals surface area contributed by atoms with Gasteiger partial charge in [0.15, 0.2) is 0 Å². The van der Waals surface area contributed by atoms with E-state index in [0.29, 0.717) is 17.8 Å². The smallest absolute Gasteiger partial charge is 0.228 e. The Morgan fingerprint density at radius 3 is 2.89 bits per heavy atom. The maximum Gasteiger partial charge on any atom is 0.228 e. The van der Waals surface area contributed by atoms with Crippen molar-refractivity contribution in [1.29, 1.82) is 0 Å². The zero-order valence-electron chi connectivity index (χ0n) is 11.7. The molecule has 1 atom stereocenters. The summed E-state index contributed by atoms with van der Waals surface area (Å²) in [6.45, 7) is 7.21. The van der Waals surface area contributed by atoms with E-state index in [1.807, 2.05) is 13.0 Å². The minimum absolute atomic E-state index is 0.383. The van der Waals surface area contributed by atoms with Gasteiger partial charge in [-0.05, 0) is 31.5 Å². The van der Waals surface area contributed by atoms with Crippen LogP contribution in [0.3, 0.4) is 0 Å². The summed E-state index contributed by atoms with van der Waals surface area (Å²) in [6.07, 6.45) is 5.33. The molecular weight excluding hydrogens is 240 g/mol. The summed E-state index contributed by atoms with van der Waals surface area (Å²) in [5.74, 6) is 1.29. The topological polar surface area (TPSA) is 63.8 Å². The van der Waals surface area contributed by atoms with Gasteiger partial charge in [0.1, 0.15) is 0 Å². The van der Waals surface area contributed by atoms with Crippen LogP contribution in [-0.2, 0) is 6.42 Å². The number of hydrogen-bond donors (Lipinski definition) is 1. The highest BCUT2D eigenvalue weighted by Gasteiger charge is 2.14. The molecule has 5 heteroatoms. The van der Waals surface area contributed by atoms with E-state index in [0.717, 1.165) is 30.5 Å². The number of likely N-dealkylation sites (N-methyl/N-ethyl adjacent to an activating group) is 1. The first-order valence-electron chi connectivity index (χ1n) is 6.71. The van der Waals surface area contributed by atoms with E-state index in [-0.39, 0.29) is 0 Å². The Kier molecular flexibility index (Phi) is 4.63. The van der Waals surface area contributed by atoms with Gasteiger partial charge in [-0.15, -0.1) is 0 Å². The lowest BCUT2D eigenvalue weighted by Crippen LogP contribution is -2.30. The summed E-state index contributed by atoms with van der Waals surface area (Å²) in [4.78, 5) is 8.56. The molecule has 0 radical (unpaired) electrons. The van der Waals surface area contributed by atoms with Crippen LogP contribution in [0.15, 0.2) is 23.0 Å². The molecule has 19 heavy (non-hydrogen) atoms. The Morgan fingerprint density at radius 1 is 1.37 bits per heavy atom. The Hall–Kier alpha value is -1.75. The molecule has 102 valence electrons. The third-order valence-electron chi connectivity index (χ3n) is 3.15. The number of aromatic nitrogens is 3. The molecule has 1 N–H and O–H groups in total. The highest BCUT2D eigenvalue weighted by molar-refractivity contribution is 5.57. The fraction of sp³-hybridized carbons (Fsp3) is 0.500. The Morgan fingerprint density at radius 2 is 2.21 bits per heavy atom. The number of hydrogen-bond acceptors (Lipinski definition) is 5. The van der Waals surface area contributed by atoms with Gasteiger partial charge >= 0.3 is 0 Å². The van der Waals surface area contributed by atoms with Gasteiger partial charge in [0.2, 0.25) is 11.7 Å². The largest absolute Gasteiger partial charge is 0.339 e. The van der Waals surface area contributed by atoms with Crippen molar-refractivity contribution in [2.24, 2.45) is 0 Å². The molecule has 0 spiro atoms. The fourth-order valence-electron chi connectivity index (χ4n) is 2.01. The third-order valence-corrected chi connectivity index (χ3v) is 3.15. The van der Waals surface area contributed by atoms with Gasteiger partial charge in [-0.1, -0.05) is 19.0 Å². The highest BCUT2D eigenvalue weighted by Crippen LogP contribution is 2.19. The molecule has 0 bridgehead atoms. The summed E-state index contributed by atoms with van der Waals surface area (Å²) < 4.78 is 5.32. The summed E-state index contributed by atoms with van der Waals surface area (Å²) in [5.41, 5.74) is 2.02. The zero-order chi connectivity index (χ0) is 13.7. The number of rotatable bonds is 6. The normalized spacial score (nSPS) is 12.6. The quantitative estimate of drug-likeness (QED) is 0.863. The second kappa shape index (κ2) is 6.43. The second-order valence-corrected chi connectivity index (χ2v) is 4.57. The third kappa shape index (κ3) is 3.38. The lowest BCUT2D eigenvalue weighted by Gasteiger charge is -2.12. The first-order chi connectivity index (χ1) is 9.24. The number of nitrogens with one attached hydrogen (secondary N) is 1. The predicted octanol–water partition coefficient (Wildman–Crippen LogP) is 2.37. The van der Waals surface area contributed by atoms with Crippen molar-refractivity contribution in [3.63, 3.8) is 0 Å². The van der Waals surface area contributed by atoms with Crippen LogP contribution < -0.4 is 5.32 Å². The van der Waals surface area contributed by atoms with Gasteiger partial charge in [0.05, 0.1) is 0 Å². The molecule has 0 aromatic carbocycles. The molecule has 1 unspecified atom stereocenters. The Balaban J connectivity index is 2.13. The second-order valence-electron chi connectivity index (χ2n) is 4.57. The van der Waals surface area contributed by atoms with E-state index >= 15 is 0 Å². The molecule has 0 amide bonds. The molecule has 0 saturated carbocycles. The van der Waals surface area contributed by atoms with E-state index in [4.69, 9.17) is 4.52 Å². The summed E-state index contributed by atoms with van der Waals surface area (Å²) in [6, 6.07) is 2.33. The van der Waals surface area contributed by atoms with Crippen molar-refractivity contribution in [2.45, 2.75) is 39.7 Å². The molecule has 2 heterocycles. The number of aryl methyl sites for hydroxylation is 1. The molecule has 2 aromatic heterocycles. The fourth-order valence-corrected chi connectivity index (χ4v) is 2.01. The molecule has 2 aromatic rings. The van der Waals surface area contributed by atoms with Crippen molar-refractivity contribution in [1.82, 2.24) is 20.4 Å². The van der Waals surface area contributed by atoms with Crippen LogP contribution in [0.4, 0.5) is 0 Å². The molecule has 0 saturated heterocycles. The highest BCUT2D eigenvalue weighted by atomic mass is 16.5. The van der Waals surface area contributed by atoms with Crippen LogP contribution >= 0.6 is 0 Å². The molecule has 0 aliphatic carbocycles. The van der Waals surface area contributed by atoms with Crippen molar-refractivity contribution >= 4 is 0 Å². The van der Waals surface area contributed by atoms with Crippen molar-refractivity contribution in [3.8, 4) is 11.4 Å². The number of nitrogens with zero attached hydrogens (tertiary/aromatic N) is 3. The van der Waals surface area contributed by atoms with E-state index in [1.165, 1.54) is 0 Å². The Bertz CT molecular complexity index is 524. The summed E-state index contributed by atoms with van der Waals surface area (Å²) in [7, 11) is 0. The van der Waals surface area contributed by atoms with Crippen LogP contribution in [0.2, 0.25) is 0 Å². The summed E-state index contributed by atoms with van der Waals surface area (Å²) in [5, 5.41) is 7.44. The van der Waals surface area contributed by atoms with E-state index in [1.54, 1.807) is 12.4 Å².